The maximum absolute atomic E-state index is 7.11. The normalized spacial score (nSPS) is 36.2. The van der Waals surface area contributed by atoms with Crippen molar-refractivity contribution in [3.63, 3.8) is 0 Å². The van der Waals surface area contributed by atoms with E-state index in [1.165, 1.54) is 19.3 Å². The van der Waals surface area contributed by atoms with E-state index in [2.05, 4.69) is 25.6 Å². The maximum atomic E-state index is 7.11. The van der Waals surface area contributed by atoms with Gasteiger partial charge in [-0.1, -0.05) is 27.2 Å². The van der Waals surface area contributed by atoms with E-state index in [1.54, 1.807) is 0 Å². The predicted octanol–water partition coefficient (Wildman–Crippen LogP) is 3.12. The van der Waals surface area contributed by atoms with Crippen LogP contribution in [0.15, 0.2) is 0 Å². The van der Waals surface area contributed by atoms with Gasteiger partial charge in [0.05, 0.1) is 0 Å². The molecule has 0 aromatic carbocycles. The lowest BCUT2D eigenvalue weighted by molar-refractivity contribution is 0.175. The summed E-state index contributed by atoms with van der Waals surface area (Å²) in [5, 5.41) is 0. The first kappa shape index (κ1) is 8.59. The zero-order valence-corrected chi connectivity index (χ0v) is 7.72. The average Bonchev–Trinajstić information content (AvgIpc) is 1.86. The average molecular weight is 151 g/mol. The van der Waals surface area contributed by atoms with Crippen LogP contribution in [0.1, 0.15) is 40.0 Å². The van der Waals surface area contributed by atoms with Crippen LogP contribution in [0.5, 0.6) is 0 Å². The Labute approximate surface area is 69.6 Å². The van der Waals surface area contributed by atoms with E-state index >= 15 is 0 Å². The van der Waals surface area contributed by atoms with Gasteiger partial charge < -0.3 is 4.85 Å². The highest BCUT2D eigenvalue weighted by atomic mass is 14.8. The summed E-state index contributed by atoms with van der Waals surface area (Å²) >= 11 is 0. The van der Waals surface area contributed by atoms with Gasteiger partial charge in [0.2, 0.25) is 6.04 Å². The molecule has 1 saturated carbocycles. The standard InChI is InChI=1S/C10H17N/c1-8-6-5-7-10(2,3)9(8)11-4/h8-9H,5-7H2,1-3H3. The van der Waals surface area contributed by atoms with Crippen molar-refractivity contribution in [1.82, 2.24) is 0 Å². The van der Waals surface area contributed by atoms with Crippen LogP contribution in [0, 0.1) is 17.9 Å². The minimum absolute atomic E-state index is 0.260. The molecule has 0 radical (unpaired) electrons. The van der Waals surface area contributed by atoms with Crippen LogP contribution in [-0.4, -0.2) is 6.04 Å². The molecular formula is C10H17N. The van der Waals surface area contributed by atoms with E-state index in [1.807, 2.05) is 0 Å². The van der Waals surface area contributed by atoms with Gasteiger partial charge >= 0.3 is 0 Å². The van der Waals surface area contributed by atoms with Gasteiger partial charge in [-0.25, -0.2) is 6.57 Å². The lowest BCUT2D eigenvalue weighted by Crippen LogP contribution is -2.36. The van der Waals surface area contributed by atoms with Crippen molar-refractivity contribution in [2.45, 2.75) is 46.1 Å². The molecule has 1 heteroatoms. The lowest BCUT2D eigenvalue weighted by atomic mass is 9.69. The molecule has 1 aliphatic carbocycles. The van der Waals surface area contributed by atoms with Gasteiger partial charge in [0, 0.05) is 11.3 Å². The Morgan fingerprint density at radius 1 is 1.45 bits per heavy atom. The fourth-order valence-electron chi connectivity index (χ4n) is 2.26. The molecule has 0 spiro atoms. The third-order valence-corrected chi connectivity index (χ3v) is 2.96. The minimum atomic E-state index is 0.260. The first-order chi connectivity index (χ1) is 5.08. The Hall–Kier alpha value is -0.510. The smallest absolute Gasteiger partial charge is 0.231 e. The molecule has 11 heavy (non-hydrogen) atoms. The summed E-state index contributed by atoms with van der Waals surface area (Å²) in [6.07, 6.45) is 3.78. The van der Waals surface area contributed by atoms with Crippen LogP contribution < -0.4 is 0 Å². The molecule has 1 fully saturated rings. The maximum Gasteiger partial charge on any atom is 0.231 e. The molecular weight excluding hydrogens is 134 g/mol. The van der Waals surface area contributed by atoms with Crippen LogP contribution in [0.4, 0.5) is 0 Å². The zero-order valence-electron chi connectivity index (χ0n) is 7.72. The lowest BCUT2D eigenvalue weighted by Gasteiger charge is -2.34. The van der Waals surface area contributed by atoms with Gasteiger partial charge in [0.15, 0.2) is 0 Å². The van der Waals surface area contributed by atoms with Gasteiger partial charge in [-0.15, -0.1) is 0 Å². The van der Waals surface area contributed by atoms with Crippen molar-refractivity contribution in [1.29, 1.82) is 0 Å². The number of hydrogen-bond acceptors (Lipinski definition) is 0. The SMILES string of the molecule is [C-]#[N+]C1C(C)CCCC1(C)C. The van der Waals surface area contributed by atoms with Crippen molar-refractivity contribution in [2.24, 2.45) is 11.3 Å². The van der Waals surface area contributed by atoms with Crippen LogP contribution in [0.25, 0.3) is 4.85 Å². The van der Waals surface area contributed by atoms with Crippen LogP contribution in [0.3, 0.4) is 0 Å². The monoisotopic (exact) mass is 151 g/mol. The molecule has 0 N–H and O–H groups in total. The molecule has 0 saturated heterocycles. The molecule has 62 valence electrons. The number of rotatable bonds is 0. The van der Waals surface area contributed by atoms with Crippen molar-refractivity contribution >= 4 is 0 Å². The Morgan fingerprint density at radius 2 is 2.09 bits per heavy atom. The molecule has 0 heterocycles. The van der Waals surface area contributed by atoms with Crippen molar-refractivity contribution in [3.8, 4) is 0 Å². The second-order valence-electron chi connectivity index (χ2n) is 4.43. The highest BCUT2D eigenvalue weighted by molar-refractivity contribution is 4.98. The van der Waals surface area contributed by atoms with E-state index in [0.29, 0.717) is 5.92 Å². The molecule has 0 aliphatic heterocycles. The van der Waals surface area contributed by atoms with Crippen molar-refractivity contribution in [2.75, 3.05) is 0 Å². The molecule has 0 aromatic heterocycles. The molecule has 0 amide bonds. The highest BCUT2D eigenvalue weighted by Gasteiger charge is 2.41. The highest BCUT2D eigenvalue weighted by Crippen LogP contribution is 2.40. The predicted molar refractivity (Wildman–Crippen MR) is 47.2 cm³/mol. The summed E-state index contributed by atoms with van der Waals surface area (Å²) < 4.78 is 0. The van der Waals surface area contributed by atoms with E-state index < -0.39 is 0 Å². The quantitative estimate of drug-likeness (QED) is 0.468. The zero-order chi connectivity index (χ0) is 8.48. The third-order valence-electron chi connectivity index (χ3n) is 2.96. The topological polar surface area (TPSA) is 4.36 Å². The van der Waals surface area contributed by atoms with Crippen LogP contribution in [0.2, 0.25) is 0 Å². The summed E-state index contributed by atoms with van der Waals surface area (Å²) in [6, 6.07) is 0.260. The Balaban J connectivity index is 2.74. The summed E-state index contributed by atoms with van der Waals surface area (Å²) in [4.78, 5) is 3.73. The van der Waals surface area contributed by atoms with E-state index in [-0.39, 0.29) is 11.5 Å². The fraction of sp³-hybridized carbons (Fsp3) is 0.900. The van der Waals surface area contributed by atoms with Crippen LogP contribution >= 0.6 is 0 Å². The second kappa shape index (κ2) is 2.85. The molecule has 0 aromatic rings. The van der Waals surface area contributed by atoms with Gasteiger partial charge in [-0.2, -0.15) is 0 Å². The van der Waals surface area contributed by atoms with Crippen molar-refractivity contribution < 1.29 is 0 Å². The van der Waals surface area contributed by atoms with Crippen molar-refractivity contribution in [3.05, 3.63) is 11.4 Å². The molecule has 1 aliphatic rings. The first-order valence-corrected chi connectivity index (χ1v) is 4.44. The second-order valence-corrected chi connectivity index (χ2v) is 4.43. The van der Waals surface area contributed by atoms with Crippen LogP contribution in [-0.2, 0) is 0 Å². The van der Waals surface area contributed by atoms with E-state index in [4.69, 9.17) is 6.57 Å². The van der Waals surface area contributed by atoms with Gasteiger partial charge in [0.25, 0.3) is 0 Å². The number of nitrogens with zero attached hydrogens (tertiary/aromatic N) is 1. The molecule has 0 bridgehead atoms. The molecule has 2 unspecified atom stereocenters. The van der Waals surface area contributed by atoms with Gasteiger partial charge in [-0.05, 0) is 12.8 Å². The molecule has 1 rings (SSSR count). The fourth-order valence-corrected chi connectivity index (χ4v) is 2.26. The van der Waals surface area contributed by atoms with E-state index in [0.717, 1.165) is 0 Å². The number of hydrogen-bond donors (Lipinski definition) is 0. The summed E-state index contributed by atoms with van der Waals surface area (Å²) in [5.74, 6) is 0.608. The molecule has 2 atom stereocenters. The third kappa shape index (κ3) is 1.56. The largest absolute Gasteiger partial charge is 0.313 e. The Kier molecular flexibility index (Phi) is 2.23. The summed E-state index contributed by atoms with van der Waals surface area (Å²) in [5.41, 5.74) is 0.263. The van der Waals surface area contributed by atoms with Gasteiger partial charge in [0.1, 0.15) is 0 Å². The first-order valence-electron chi connectivity index (χ1n) is 4.44. The molecule has 1 nitrogen and oxygen atoms in total. The summed E-state index contributed by atoms with van der Waals surface area (Å²) in [7, 11) is 0. The summed E-state index contributed by atoms with van der Waals surface area (Å²) in [6.45, 7) is 13.8. The van der Waals surface area contributed by atoms with E-state index in [9.17, 15) is 0 Å². The minimum Gasteiger partial charge on any atom is -0.313 e. The van der Waals surface area contributed by atoms with Gasteiger partial charge in [-0.3, -0.25) is 0 Å². The Morgan fingerprint density at radius 3 is 2.45 bits per heavy atom. The Bertz CT molecular complexity index is 176.